The van der Waals surface area contributed by atoms with Crippen molar-refractivity contribution in [3.8, 4) is 0 Å². The number of aromatic nitrogens is 1. The van der Waals surface area contributed by atoms with Crippen molar-refractivity contribution in [2.24, 2.45) is 5.92 Å². The average molecular weight is 411 g/mol. The monoisotopic (exact) mass is 410 g/mol. The molecule has 4 nitrogen and oxygen atoms in total. The summed E-state index contributed by atoms with van der Waals surface area (Å²) in [6.07, 6.45) is 4.99. The van der Waals surface area contributed by atoms with E-state index in [2.05, 4.69) is 22.8 Å². The predicted molar refractivity (Wildman–Crippen MR) is 114 cm³/mol. The average Bonchev–Trinajstić information content (AvgIpc) is 3.24. The molecule has 0 amide bonds. The number of pyridine rings is 1. The fourth-order valence-corrected chi connectivity index (χ4v) is 4.39. The van der Waals surface area contributed by atoms with Gasteiger partial charge in [0.1, 0.15) is 5.82 Å². The molecular formula is C21H32F2N4S. The van der Waals surface area contributed by atoms with Gasteiger partial charge in [0.05, 0.1) is 4.99 Å². The Morgan fingerprint density at radius 3 is 2.89 bits per heavy atom. The maximum absolute atomic E-state index is 12.7. The van der Waals surface area contributed by atoms with Crippen LogP contribution in [0.1, 0.15) is 49.8 Å². The van der Waals surface area contributed by atoms with E-state index in [1.165, 1.54) is 12.0 Å². The van der Waals surface area contributed by atoms with Gasteiger partial charge in [0.25, 0.3) is 0 Å². The van der Waals surface area contributed by atoms with Crippen molar-refractivity contribution in [1.82, 2.24) is 15.2 Å². The van der Waals surface area contributed by atoms with Gasteiger partial charge in [-0.25, -0.2) is 13.8 Å². The van der Waals surface area contributed by atoms with E-state index in [-0.39, 0.29) is 6.42 Å². The minimum Gasteiger partial charge on any atom is -0.370 e. The third kappa shape index (κ3) is 6.34. The number of halogens is 2. The maximum atomic E-state index is 12.7. The summed E-state index contributed by atoms with van der Waals surface area (Å²) in [5, 5.41) is 6.70. The van der Waals surface area contributed by atoms with Gasteiger partial charge in [0, 0.05) is 44.2 Å². The largest absolute Gasteiger partial charge is 0.370 e. The topological polar surface area (TPSA) is 40.2 Å². The van der Waals surface area contributed by atoms with Crippen LogP contribution in [0.15, 0.2) is 12.1 Å². The summed E-state index contributed by atoms with van der Waals surface area (Å²) in [7, 11) is 0. The standard InChI is InChI=1S/C21H32F2N4S/c22-19(23)10-14-27(21(28)17-9-12-24-15-17)13-3-1-2-6-18-8-7-16-5-4-11-25-20(16)26-18/h7-8,17,19,24H,1-6,9-15H2,(H,25,26). The van der Waals surface area contributed by atoms with E-state index < -0.39 is 6.43 Å². The first kappa shape index (κ1) is 21.4. The molecular weight excluding hydrogens is 378 g/mol. The van der Waals surface area contributed by atoms with Crippen LogP contribution in [0.2, 0.25) is 0 Å². The van der Waals surface area contributed by atoms with Crippen molar-refractivity contribution in [3.63, 3.8) is 0 Å². The van der Waals surface area contributed by atoms with Crippen LogP contribution >= 0.6 is 12.2 Å². The van der Waals surface area contributed by atoms with Crippen molar-refractivity contribution in [2.75, 3.05) is 38.0 Å². The first-order chi connectivity index (χ1) is 13.6. The molecule has 0 aliphatic carbocycles. The predicted octanol–water partition coefficient (Wildman–Crippen LogP) is 4.05. The van der Waals surface area contributed by atoms with E-state index in [1.807, 2.05) is 4.90 Å². The molecule has 156 valence electrons. The molecule has 0 radical (unpaired) electrons. The van der Waals surface area contributed by atoms with Crippen molar-refractivity contribution in [1.29, 1.82) is 0 Å². The fourth-order valence-electron chi connectivity index (χ4n) is 4.00. The summed E-state index contributed by atoms with van der Waals surface area (Å²) in [4.78, 5) is 7.64. The zero-order valence-electron chi connectivity index (χ0n) is 16.6. The molecule has 0 saturated carbocycles. The molecule has 1 unspecified atom stereocenters. The Labute approximate surface area is 172 Å². The van der Waals surface area contributed by atoms with Gasteiger partial charge in [0.2, 0.25) is 6.43 Å². The lowest BCUT2D eigenvalue weighted by molar-refractivity contribution is 0.127. The van der Waals surface area contributed by atoms with E-state index in [0.29, 0.717) is 12.5 Å². The van der Waals surface area contributed by atoms with E-state index in [0.717, 1.165) is 81.2 Å². The van der Waals surface area contributed by atoms with Gasteiger partial charge in [0.15, 0.2) is 0 Å². The second-order valence-electron chi connectivity index (χ2n) is 7.85. The Morgan fingerprint density at radius 1 is 1.21 bits per heavy atom. The van der Waals surface area contributed by atoms with Crippen LogP contribution in [0.4, 0.5) is 14.6 Å². The molecule has 1 aromatic rings. The number of rotatable bonds is 10. The summed E-state index contributed by atoms with van der Waals surface area (Å²) in [5.74, 6) is 1.37. The van der Waals surface area contributed by atoms with Crippen LogP contribution in [0.25, 0.3) is 0 Å². The smallest absolute Gasteiger partial charge is 0.240 e. The van der Waals surface area contributed by atoms with Gasteiger partial charge in [-0.05, 0) is 56.7 Å². The lowest BCUT2D eigenvalue weighted by atomic mass is 10.1. The summed E-state index contributed by atoms with van der Waals surface area (Å²) in [6.45, 7) is 4.00. The summed E-state index contributed by atoms with van der Waals surface area (Å²) in [6, 6.07) is 4.34. The molecule has 0 aromatic carbocycles. The normalized spacial score (nSPS) is 18.8. The lowest BCUT2D eigenvalue weighted by Gasteiger charge is -2.28. The fraction of sp³-hybridized carbons (Fsp3) is 0.714. The highest BCUT2D eigenvalue weighted by atomic mass is 32.1. The minimum atomic E-state index is -2.27. The molecule has 28 heavy (non-hydrogen) atoms. The number of alkyl halides is 2. The van der Waals surface area contributed by atoms with Crippen LogP contribution in [-0.4, -0.2) is 54.0 Å². The molecule has 3 rings (SSSR count). The van der Waals surface area contributed by atoms with Crippen LogP contribution in [0, 0.1) is 5.92 Å². The summed E-state index contributed by atoms with van der Waals surface area (Å²) < 4.78 is 25.4. The highest BCUT2D eigenvalue weighted by Crippen LogP contribution is 2.21. The molecule has 0 bridgehead atoms. The molecule has 2 N–H and O–H groups in total. The second kappa shape index (κ2) is 11.0. The molecule has 3 heterocycles. The third-order valence-corrected chi connectivity index (χ3v) is 6.24. The number of thiocarbonyl (C=S) groups is 1. The van der Waals surface area contributed by atoms with Crippen molar-refractivity contribution in [2.45, 2.75) is 57.8 Å². The SMILES string of the molecule is FC(F)CCN(CCCCCc1ccc2c(n1)NCCC2)C(=S)C1CCNC1. The Hall–Kier alpha value is -1.34. The van der Waals surface area contributed by atoms with Crippen LogP contribution in [-0.2, 0) is 12.8 Å². The van der Waals surface area contributed by atoms with Crippen molar-refractivity contribution < 1.29 is 8.78 Å². The number of nitrogens with zero attached hydrogens (tertiary/aromatic N) is 2. The first-order valence-electron chi connectivity index (χ1n) is 10.6. The lowest BCUT2D eigenvalue weighted by Crippen LogP contribution is -2.37. The summed E-state index contributed by atoms with van der Waals surface area (Å²) in [5.41, 5.74) is 2.45. The molecule has 1 saturated heterocycles. The van der Waals surface area contributed by atoms with E-state index >= 15 is 0 Å². The van der Waals surface area contributed by atoms with Gasteiger partial charge in [-0.2, -0.15) is 0 Å². The number of anilines is 1. The maximum Gasteiger partial charge on any atom is 0.240 e. The van der Waals surface area contributed by atoms with Gasteiger partial charge < -0.3 is 15.5 Å². The molecule has 2 aliphatic heterocycles. The molecule has 2 aliphatic rings. The van der Waals surface area contributed by atoms with Gasteiger partial charge >= 0.3 is 0 Å². The molecule has 1 aromatic heterocycles. The molecule has 1 atom stereocenters. The Morgan fingerprint density at radius 2 is 2.11 bits per heavy atom. The minimum absolute atomic E-state index is 0.105. The summed E-state index contributed by atoms with van der Waals surface area (Å²) >= 11 is 5.62. The van der Waals surface area contributed by atoms with E-state index in [1.54, 1.807) is 0 Å². The molecule has 1 fully saturated rings. The second-order valence-corrected chi connectivity index (χ2v) is 8.26. The number of hydrogen-bond donors (Lipinski definition) is 2. The van der Waals surface area contributed by atoms with E-state index in [9.17, 15) is 8.78 Å². The van der Waals surface area contributed by atoms with Gasteiger partial charge in [-0.15, -0.1) is 0 Å². The van der Waals surface area contributed by atoms with Crippen LogP contribution in [0.3, 0.4) is 0 Å². The van der Waals surface area contributed by atoms with Crippen molar-refractivity contribution in [3.05, 3.63) is 23.4 Å². The Kier molecular flexibility index (Phi) is 8.40. The van der Waals surface area contributed by atoms with Crippen molar-refractivity contribution >= 4 is 23.0 Å². The van der Waals surface area contributed by atoms with Gasteiger partial charge in [-0.1, -0.05) is 24.7 Å². The third-order valence-electron chi connectivity index (χ3n) is 5.65. The van der Waals surface area contributed by atoms with Crippen LogP contribution in [0.5, 0.6) is 0 Å². The van der Waals surface area contributed by atoms with Crippen LogP contribution < -0.4 is 10.6 Å². The van der Waals surface area contributed by atoms with E-state index in [4.69, 9.17) is 17.2 Å². The highest BCUT2D eigenvalue weighted by molar-refractivity contribution is 7.80. The quantitative estimate of drug-likeness (QED) is 0.450. The number of nitrogens with one attached hydrogen (secondary N) is 2. The number of unbranched alkanes of at least 4 members (excludes halogenated alkanes) is 2. The first-order valence-corrected chi connectivity index (χ1v) is 11.0. The zero-order valence-corrected chi connectivity index (χ0v) is 17.4. The molecule has 0 spiro atoms. The Balaban J connectivity index is 1.41. The van der Waals surface area contributed by atoms with Gasteiger partial charge in [-0.3, -0.25) is 0 Å². The Bertz CT molecular complexity index is 635. The highest BCUT2D eigenvalue weighted by Gasteiger charge is 2.24. The number of hydrogen-bond acceptors (Lipinski definition) is 4. The molecule has 7 heteroatoms. The number of fused-ring (bicyclic) bond motifs is 1. The zero-order chi connectivity index (χ0) is 19.8. The number of aryl methyl sites for hydroxylation is 2.